The number of rotatable bonds is 4. The second kappa shape index (κ2) is 6.07. The maximum Gasteiger partial charge on any atom is 0.222 e. The Hall–Kier alpha value is -1.69. The summed E-state index contributed by atoms with van der Waals surface area (Å²) in [5.74, 6) is 2.42. The van der Waals surface area contributed by atoms with Crippen molar-refractivity contribution < 1.29 is 13.7 Å². The zero-order chi connectivity index (χ0) is 16.6. The molecule has 23 heavy (non-hydrogen) atoms. The molecule has 6 nitrogen and oxygen atoms in total. The normalized spacial score (nSPS) is 22.0. The van der Waals surface area contributed by atoms with Crippen molar-refractivity contribution in [1.82, 2.24) is 15.4 Å². The van der Waals surface area contributed by atoms with Crippen LogP contribution < -0.4 is 0 Å². The van der Waals surface area contributed by atoms with E-state index in [4.69, 9.17) is 13.7 Å². The first kappa shape index (κ1) is 16.2. The standard InChI is InChI=1S/C17H25N3O3/c1-10-12(11(2)23-20-10)6-7-14-18-19-16(22-14)13-8-9-21-15(13)17(3,4)5/h13,15H,6-9H2,1-5H3/t13-,15-/m0/s1. The van der Waals surface area contributed by atoms with Crippen LogP contribution in [0, 0.1) is 19.3 Å². The number of hydrogen-bond donors (Lipinski definition) is 0. The van der Waals surface area contributed by atoms with E-state index in [1.807, 2.05) is 13.8 Å². The van der Waals surface area contributed by atoms with Crippen molar-refractivity contribution in [3.05, 3.63) is 28.8 Å². The zero-order valence-electron chi connectivity index (χ0n) is 14.5. The molecule has 0 aromatic carbocycles. The van der Waals surface area contributed by atoms with Crippen molar-refractivity contribution in [2.24, 2.45) is 5.41 Å². The molecular weight excluding hydrogens is 294 g/mol. The van der Waals surface area contributed by atoms with Crippen LogP contribution in [-0.4, -0.2) is 28.1 Å². The van der Waals surface area contributed by atoms with E-state index < -0.39 is 0 Å². The maximum atomic E-state index is 5.92. The van der Waals surface area contributed by atoms with Crippen molar-refractivity contribution in [3.8, 4) is 0 Å². The van der Waals surface area contributed by atoms with Gasteiger partial charge in [-0.2, -0.15) is 0 Å². The van der Waals surface area contributed by atoms with Crippen LogP contribution in [0.5, 0.6) is 0 Å². The molecule has 2 atom stereocenters. The average Bonchev–Trinajstić information content (AvgIpc) is 3.17. The molecule has 1 aliphatic rings. The number of ether oxygens (including phenoxy) is 1. The lowest BCUT2D eigenvalue weighted by Gasteiger charge is -2.29. The summed E-state index contributed by atoms with van der Waals surface area (Å²) in [6.45, 7) is 11.2. The van der Waals surface area contributed by atoms with Crippen LogP contribution in [0.25, 0.3) is 0 Å². The number of hydrogen-bond acceptors (Lipinski definition) is 6. The van der Waals surface area contributed by atoms with E-state index in [1.165, 1.54) is 0 Å². The summed E-state index contributed by atoms with van der Waals surface area (Å²) in [4.78, 5) is 0. The van der Waals surface area contributed by atoms with Gasteiger partial charge < -0.3 is 13.7 Å². The van der Waals surface area contributed by atoms with Gasteiger partial charge in [0.1, 0.15) is 5.76 Å². The van der Waals surface area contributed by atoms with Gasteiger partial charge in [-0.3, -0.25) is 0 Å². The molecule has 1 aliphatic heterocycles. The molecule has 2 aromatic rings. The monoisotopic (exact) mass is 319 g/mol. The van der Waals surface area contributed by atoms with Crippen LogP contribution in [0.15, 0.2) is 8.94 Å². The SMILES string of the molecule is Cc1noc(C)c1CCc1nnc([C@H]2CCO[C@@H]2C(C)(C)C)o1. The highest BCUT2D eigenvalue weighted by molar-refractivity contribution is 5.21. The summed E-state index contributed by atoms with van der Waals surface area (Å²) in [7, 11) is 0. The summed E-state index contributed by atoms with van der Waals surface area (Å²) < 4.78 is 17.0. The quantitative estimate of drug-likeness (QED) is 0.860. The molecule has 0 aliphatic carbocycles. The highest BCUT2D eigenvalue weighted by atomic mass is 16.5. The topological polar surface area (TPSA) is 74.2 Å². The van der Waals surface area contributed by atoms with Gasteiger partial charge in [0.25, 0.3) is 0 Å². The second-order valence-electron chi connectivity index (χ2n) is 7.39. The molecule has 0 radical (unpaired) electrons. The maximum absolute atomic E-state index is 5.92. The molecule has 0 saturated carbocycles. The Labute approximate surface area is 136 Å². The smallest absolute Gasteiger partial charge is 0.222 e. The van der Waals surface area contributed by atoms with E-state index in [0.29, 0.717) is 18.2 Å². The lowest BCUT2D eigenvalue weighted by atomic mass is 9.81. The van der Waals surface area contributed by atoms with Crippen molar-refractivity contribution in [2.75, 3.05) is 6.61 Å². The Kier molecular flexibility index (Phi) is 4.27. The fourth-order valence-electron chi connectivity index (χ4n) is 3.30. The van der Waals surface area contributed by atoms with E-state index in [1.54, 1.807) is 0 Å². The lowest BCUT2D eigenvalue weighted by Crippen LogP contribution is -2.30. The summed E-state index contributed by atoms with van der Waals surface area (Å²) in [5, 5.41) is 12.5. The van der Waals surface area contributed by atoms with Gasteiger partial charge in [0.05, 0.1) is 17.7 Å². The predicted octanol–water partition coefficient (Wildman–Crippen LogP) is 3.38. The van der Waals surface area contributed by atoms with Gasteiger partial charge in [0.15, 0.2) is 0 Å². The van der Waals surface area contributed by atoms with Crippen molar-refractivity contribution >= 4 is 0 Å². The van der Waals surface area contributed by atoms with Crippen molar-refractivity contribution in [3.63, 3.8) is 0 Å². The molecule has 0 amide bonds. The van der Waals surface area contributed by atoms with Crippen molar-refractivity contribution in [1.29, 1.82) is 0 Å². The number of nitrogens with zero attached hydrogens (tertiary/aromatic N) is 3. The largest absolute Gasteiger partial charge is 0.425 e. The second-order valence-corrected chi connectivity index (χ2v) is 7.39. The molecule has 0 bridgehead atoms. The van der Waals surface area contributed by atoms with Crippen LogP contribution in [0.2, 0.25) is 0 Å². The summed E-state index contributed by atoms with van der Waals surface area (Å²) >= 11 is 0. The fourth-order valence-corrected chi connectivity index (χ4v) is 3.30. The van der Waals surface area contributed by atoms with Gasteiger partial charge in [-0.1, -0.05) is 25.9 Å². The molecule has 0 spiro atoms. The Balaban J connectivity index is 1.69. The first-order valence-corrected chi connectivity index (χ1v) is 8.22. The minimum Gasteiger partial charge on any atom is -0.425 e. The van der Waals surface area contributed by atoms with Crippen LogP contribution in [0.3, 0.4) is 0 Å². The van der Waals surface area contributed by atoms with Crippen LogP contribution >= 0.6 is 0 Å². The molecule has 6 heteroatoms. The number of aryl methyl sites for hydroxylation is 3. The van der Waals surface area contributed by atoms with Gasteiger partial charge >= 0.3 is 0 Å². The molecule has 1 saturated heterocycles. The molecule has 3 heterocycles. The summed E-state index contributed by atoms with van der Waals surface area (Å²) in [6.07, 6.45) is 2.56. The van der Waals surface area contributed by atoms with E-state index >= 15 is 0 Å². The third-order valence-electron chi connectivity index (χ3n) is 4.52. The van der Waals surface area contributed by atoms with Gasteiger partial charge in [-0.15, -0.1) is 10.2 Å². The third kappa shape index (κ3) is 3.32. The fraction of sp³-hybridized carbons (Fsp3) is 0.706. The Bertz CT molecular complexity index is 649. The molecule has 3 rings (SSSR count). The first-order valence-electron chi connectivity index (χ1n) is 8.22. The molecule has 2 aromatic heterocycles. The highest BCUT2D eigenvalue weighted by Crippen LogP contribution is 2.40. The molecule has 0 N–H and O–H groups in total. The van der Waals surface area contributed by atoms with Crippen LogP contribution in [0.1, 0.15) is 61.9 Å². The number of aromatic nitrogens is 3. The minimum atomic E-state index is 0.0620. The molecule has 1 fully saturated rings. The molecule has 126 valence electrons. The first-order chi connectivity index (χ1) is 10.9. The van der Waals surface area contributed by atoms with Gasteiger partial charge in [0, 0.05) is 18.6 Å². The van der Waals surface area contributed by atoms with E-state index in [2.05, 4.69) is 36.1 Å². The van der Waals surface area contributed by atoms with Crippen LogP contribution in [-0.2, 0) is 17.6 Å². The Morgan fingerprint density at radius 3 is 2.57 bits per heavy atom. The van der Waals surface area contributed by atoms with E-state index in [-0.39, 0.29) is 17.4 Å². The zero-order valence-corrected chi connectivity index (χ0v) is 14.5. The molecular formula is C17H25N3O3. The predicted molar refractivity (Wildman–Crippen MR) is 84.2 cm³/mol. The Morgan fingerprint density at radius 1 is 1.13 bits per heavy atom. The van der Waals surface area contributed by atoms with E-state index in [9.17, 15) is 0 Å². The van der Waals surface area contributed by atoms with Crippen LogP contribution in [0.4, 0.5) is 0 Å². The lowest BCUT2D eigenvalue weighted by molar-refractivity contribution is 0.0170. The van der Waals surface area contributed by atoms with Gasteiger partial charge in [-0.25, -0.2) is 0 Å². The molecule has 0 unspecified atom stereocenters. The summed E-state index contributed by atoms with van der Waals surface area (Å²) in [5.41, 5.74) is 2.12. The Morgan fingerprint density at radius 2 is 1.91 bits per heavy atom. The van der Waals surface area contributed by atoms with Crippen molar-refractivity contribution in [2.45, 2.75) is 65.9 Å². The third-order valence-corrected chi connectivity index (χ3v) is 4.52. The van der Waals surface area contributed by atoms with Gasteiger partial charge in [0.2, 0.25) is 11.8 Å². The van der Waals surface area contributed by atoms with E-state index in [0.717, 1.165) is 36.5 Å². The highest BCUT2D eigenvalue weighted by Gasteiger charge is 2.41. The van der Waals surface area contributed by atoms with Gasteiger partial charge in [-0.05, 0) is 32.1 Å². The average molecular weight is 319 g/mol. The summed E-state index contributed by atoms with van der Waals surface area (Å²) in [6, 6.07) is 0. The minimum absolute atomic E-state index is 0.0620.